The van der Waals surface area contributed by atoms with E-state index in [1.54, 1.807) is 12.4 Å². The van der Waals surface area contributed by atoms with E-state index in [-0.39, 0.29) is 11.9 Å². The minimum Gasteiger partial charge on any atom is -0.334 e. The second-order valence-corrected chi connectivity index (χ2v) is 12.1. The average molecular weight is 588 g/mol. The molecule has 0 aromatic carbocycles. The van der Waals surface area contributed by atoms with Gasteiger partial charge >= 0.3 is 5.76 Å². The van der Waals surface area contributed by atoms with Crippen LogP contribution in [0.2, 0.25) is 5.02 Å². The summed E-state index contributed by atoms with van der Waals surface area (Å²) in [6.07, 6.45) is 12.2. The van der Waals surface area contributed by atoms with Crippen LogP contribution in [0.3, 0.4) is 0 Å². The summed E-state index contributed by atoms with van der Waals surface area (Å²) in [5, 5.41) is 9.00. The SMILES string of the molecule is CCn1nccc1C1CCCN1c1nc2cc(-c3noc(=O)[nH]3)nc(-c3cncc(Cl)c3)c2n1CC1CCC(C)CC1. The van der Waals surface area contributed by atoms with E-state index < -0.39 is 5.76 Å². The van der Waals surface area contributed by atoms with Gasteiger partial charge in [-0.25, -0.2) is 14.8 Å². The molecule has 5 aromatic heterocycles. The predicted octanol–water partition coefficient (Wildman–Crippen LogP) is 5.87. The Labute approximate surface area is 247 Å². The molecule has 1 unspecified atom stereocenters. The molecule has 5 aromatic rings. The number of rotatable bonds is 7. The fraction of sp³-hybridized carbons (Fsp3) is 0.467. The highest BCUT2D eigenvalue weighted by atomic mass is 35.5. The first-order valence-corrected chi connectivity index (χ1v) is 15.2. The third-order valence-corrected chi connectivity index (χ3v) is 9.05. The highest BCUT2D eigenvalue weighted by Gasteiger charge is 2.34. The van der Waals surface area contributed by atoms with Gasteiger partial charge in [0.15, 0.2) is 0 Å². The number of aryl methyl sites for hydroxylation is 1. The Morgan fingerprint density at radius 3 is 2.74 bits per heavy atom. The molecule has 1 atom stereocenters. The number of pyridine rings is 2. The van der Waals surface area contributed by atoms with Gasteiger partial charge in [0.25, 0.3) is 0 Å². The monoisotopic (exact) mass is 587 g/mol. The highest BCUT2D eigenvalue weighted by molar-refractivity contribution is 6.30. The van der Waals surface area contributed by atoms with Crippen molar-refractivity contribution in [3.05, 3.63) is 58.1 Å². The number of nitrogens with one attached hydrogen (secondary N) is 1. The van der Waals surface area contributed by atoms with Crippen LogP contribution in [0.5, 0.6) is 0 Å². The van der Waals surface area contributed by atoms with Crippen molar-refractivity contribution in [2.24, 2.45) is 11.8 Å². The Hall–Kier alpha value is -3.99. The molecule has 1 saturated heterocycles. The summed E-state index contributed by atoms with van der Waals surface area (Å²) >= 11 is 6.42. The lowest BCUT2D eigenvalue weighted by atomic mass is 9.83. The van der Waals surface area contributed by atoms with Crippen molar-refractivity contribution >= 4 is 28.6 Å². The number of nitrogens with zero attached hydrogens (tertiary/aromatic N) is 8. The minimum atomic E-state index is -0.636. The van der Waals surface area contributed by atoms with Crippen LogP contribution < -0.4 is 10.7 Å². The summed E-state index contributed by atoms with van der Waals surface area (Å²) in [4.78, 5) is 31.6. The normalized spacial score (nSPS) is 21.0. The molecule has 12 heteroatoms. The van der Waals surface area contributed by atoms with Gasteiger partial charge in [0.1, 0.15) is 5.69 Å². The quantitative estimate of drug-likeness (QED) is 0.250. The van der Waals surface area contributed by atoms with Crippen LogP contribution in [0.25, 0.3) is 33.8 Å². The predicted molar refractivity (Wildman–Crippen MR) is 160 cm³/mol. The number of hydrogen-bond donors (Lipinski definition) is 1. The van der Waals surface area contributed by atoms with Gasteiger partial charge in [-0.15, -0.1) is 0 Å². The van der Waals surface area contributed by atoms with Crippen LogP contribution >= 0.6 is 11.6 Å². The third kappa shape index (κ3) is 4.89. The van der Waals surface area contributed by atoms with Crippen molar-refractivity contribution in [3.63, 3.8) is 0 Å². The van der Waals surface area contributed by atoms with Gasteiger partial charge in [-0.2, -0.15) is 5.10 Å². The largest absolute Gasteiger partial charge is 0.439 e. The summed E-state index contributed by atoms with van der Waals surface area (Å²) in [5.41, 5.74) is 4.83. The fourth-order valence-electron chi connectivity index (χ4n) is 6.71. The number of aromatic nitrogens is 8. The first-order chi connectivity index (χ1) is 20.5. The van der Waals surface area contributed by atoms with Gasteiger partial charge < -0.3 is 9.47 Å². The molecular formula is C30H34ClN9O2. The molecule has 1 aliphatic heterocycles. The van der Waals surface area contributed by atoms with E-state index in [1.807, 2.05) is 18.3 Å². The van der Waals surface area contributed by atoms with Crippen LogP contribution in [-0.2, 0) is 13.1 Å². The van der Waals surface area contributed by atoms with Crippen LogP contribution in [0.4, 0.5) is 5.95 Å². The van der Waals surface area contributed by atoms with Gasteiger partial charge in [0.05, 0.1) is 33.5 Å². The molecule has 42 heavy (non-hydrogen) atoms. The maximum absolute atomic E-state index is 11.8. The molecule has 0 spiro atoms. The van der Waals surface area contributed by atoms with Crippen LogP contribution in [0.15, 0.2) is 46.1 Å². The second-order valence-electron chi connectivity index (χ2n) is 11.6. The standard InChI is InChI=1S/C30H34ClN9O2/c1-3-40-25(10-11-33-40)24-5-4-12-38(24)29-35-22-14-23(28-36-30(41)42-37-28)34-26(20-13-21(31)16-32-15-20)27(22)39(29)17-19-8-6-18(2)7-9-19/h10-11,13-16,18-19,24H,3-9,12,17H2,1-2H3,(H,36,37,41). The third-order valence-electron chi connectivity index (χ3n) is 8.84. The number of halogens is 1. The zero-order valence-corrected chi connectivity index (χ0v) is 24.6. The summed E-state index contributed by atoms with van der Waals surface area (Å²) in [5.74, 6) is 1.85. The van der Waals surface area contributed by atoms with Crippen LogP contribution in [-0.4, -0.2) is 46.0 Å². The van der Waals surface area contributed by atoms with E-state index in [9.17, 15) is 4.79 Å². The Bertz CT molecular complexity index is 1780. The van der Waals surface area contributed by atoms with Gasteiger partial charge in [0, 0.05) is 43.8 Å². The molecule has 218 valence electrons. The number of aromatic amines is 1. The maximum atomic E-state index is 11.8. The number of H-pyrrole nitrogens is 1. The number of fused-ring (bicyclic) bond motifs is 1. The smallest absolute Gasteiger partial charge is 0.334 e. The molecule has 6 heterocycles. The Morgan fingerprint density at radius 1 is 1.12 bits per heavy atom. The van der Waals surface area contributed by atoms with Crippen molar-refractivity contribution < 1.29 is 4.52 Å². The zero-order valence-electron chi connectivity index (χ0n) is 23.8. The lowest BCUT2D eigenvalue weighted by Crippen LogP contribution is -2.29. The summed E-state index contributed by atoms with van der Waals surface area (Å²) in [6, 6.07) is 6.05. The second kappa shape index (κ2) is 11.0. The van der Waals surface area contributed by atoms with E-state index >= 15 is 0 Å². The van der Waals surface area contributed by atoms with Crippen molar-refractivity contribution in [1.29, 1.82) is 0 Å². The highest BCUT2D eigenvalue weighted by Crippen LogP contribution is 2.41. The molecule has 11 nitrogen and oxygen atoms in total. The number of hydrogen-bond acceptors (Lipinski definition) is 8. The van der Waals surface area contributed by atoms with E-state index in [1.165, 1.54) is 31.4 Å². The van der Waals surface area contributed by atoms with Gasteiger partial charge in [-0.1, -0.05) is 36.5 Å². The Balaban J connectivity index is 1.45. The number of anilines is 1. The Morgan fingerprint density at radius 2 is 1.98 bits per heavy atom. The van der Waals surface area contributed by atoms with Crippen molar-refractivity contribution in [3.8, 4) is 22.8 Å². The van der Waals surface area contributed by atoms with E-state index in [2.05, 4.69) is 54.3 Å². The molecule has 2 aliphatic rings. The number of imidazole rings is 1. The van der Waals surface area contributed by atoms with Gasteiger partial charge in [-0.05, 0) is 62.6 Å². The molecule has 0 radical (unpaired) electrons. The molecule has 7 rings (SSSR count). The average Bonchev–Trinajstić information content (AvgIpc) is 3.80. The van der Waals surface area contributed by atoms with Crippen molar-refractivity contribution in [2.75, 3.05) is 11.4 Å². The zero-order chi connectivity index (χ0) is 28.8. The molecule has 2 fully saturated rings. The fourth-order valence-corrected chi connectivity index (χ4v) is 6.89. The Kier molecular flexibility index (Phi) is 7.05. The van der Waals surface area contributed by atoms with Crippen LogP contribution in [0.1, 0.15) is 64.1 Å². The topological polar surface area (TPSA) is 124 Å². The van der Waals surface area contributed by atoms with Crippen molar-refractivity contribution in [2.45, 2.75) is 71.5 Å². The lowest BCUT2D eigenvalue weighted by molar-refractivity contribution is 0.266. The minimum absolute atomic E-state index is 0.171. The summed E-state index contributed by atoms with van der Waals surface area (Å²) < 4.78 is 9.28. The van der Waals surface area contributed by atoms with E-state index in [4.69, 9.17) is 26.1 Å². The molecule has 0 bridgehead atoms. The summed E-state index contributed by atoms with van der Waals surface area (Å²) in [6.45, 7) is 7.04. The van der Waals surface area contributed by atoms with Crippen molar-refractivity contribution in [1.82, 2.24) is 39.4 Å². The van der Waals surface area contributed by atoms with Gasteiger partial charge in [0.2, 0.25) is 11.8 Å². The molecular weight excluding hydrogens is 554 g/mol. The lowest BCUT2D eigenvalue weighted by Gasteiger charge is -2.30. The first kappa shape index (κ1) is 26.9. The molecule has 1 aliphatic carbocycles. The van der Waals surface area contributed by atoms with E-state index in [0.717, 1.165) is 60.9 Å². The van der Waals surface area contributed by atoms with Gasteiger partial charge in [-0.3, -0.25) is 19.2 Å². The molecule has 1 N–H and O–H groups in total. The van der Waals surface area contributed by atoms with E-state index in [0.29, 0.717) is 22.3 Å². The molecule has 0 amide bonds. The first-order valence-electron chi connectivity index (χ1n) is 14.9. The molecule has 1 saturated carbocycles. The van der Waals surface area contributed by atoms with Crippen LogP contribution in [0, 0.1) is 11.8 Å². The summed E-state index contributed by atoms with van der Waals surface area (Å²) in [7, 11) is 0. The maximum Gasteiger partial charge on any atom is 0.439 e.